The van der Waals surface area contributed by atoms with Crippen LogP contribution in [0, 0.1) is 0 Å². The van der Waals surface area contributed by atoms with Gasteiger partial charge in [-0.15, -0.1) is 0 Å². The van der Waals surface area contributed by atoms with Gasteiger partial charge in [0.05, 0.1) is 20.3 Å². The predicted molar refractivity (Wildman–Crippen MR) is 88.8 cm³/mol. The average Bonchev–Trinajstić information content (AvgIpc) is 2.60. The van der Waals surface area contributed by atoms with Gasteiger partial charge in [-0.05, 0) is 31.4 Å². The summed E-state index contributed by atoms with van der Waals surface area (Å²) in [6, 6.07) is 5.61. The Morgan fingerprint density at radius 3 is 2.65 bits per heavy atom. The summed E-state index contributed by atoms with van der Waals surface area (Å²) in [5.74, 6) is 1.26. The van der Waals surface area contributed by atoms with Crippen molar-refractivity contribution >= 4 is 5.91 Å². The summed E-state index contributed by atoms with van der Waals surface area (Å²) in [6.45, 7) is 0. The van der Waals surface area contributed by atoms with Crippen LogP contribution >= 0.6 is 0 Å². The van der Waals surface area contributed by atoms with Crippen molar-refractivity contribution in [3.05, 3.63) is 23.8 Å². The Kier molecular flexibility index (Phi) is 6.71. The molecule has 0 aliphatic heterocycles. The number of carbonyl (C=O) groups excluding carboxylic acids is 1. The van der Waals surface area contributed by atoms with Gasteiger partial charge in [-0.3, -0.25) is 4.79 Å². The number of carbonyl (C=O) groups is 1. The molecule has 0 spiro atoms. The van der Waals surface area contributed by atoms with Gasteiger partial charge in [0.25, 0.3) is 0 Å². The Morgan fingerprint density at radius 1 is 1.26 bits per heavy atom. The highest BCUT2D eigenvalue weighted by Crippen LogP contribution is 2.31. The summed E-state index contributed by atoms with van der Waals surface area (Å²) in [6.07, 6.45) is 5.75. The van der Waals surface area contributed by atoms with Gasteiger partial charge in [0.1, 0.15) is 11.5 Å². The van der Waals surface area contributed by atoms with Crippen molar-refractivity contribution in [1.29, 1.82) is 0 Å². The van der Waals surface area contributed by atoms with Crippen molar-refractivity contribution in [2.75, 3.05) is 14.2 Å². The molecule has 5 nitrogen and oxygen atoms in total. The molecule has 0 bridgehead atoms. The monoisotopic (exact) mass is 321 g/mol. The first kappa shape index (κ1) is 17.6. The Morgan fingerprint density at radius 2 is 2.00 bits per heavy atom. The number of hydrogen-bond acceptors (Lipinski definition) is 4. The molecule has 128 valence electrons. The molecule has 1 aliphatic rings. The second-order valence-electron chi connectivity index (χ2n) is 6.06. The maximum Gasteiger partial charge on any atom is 0.220 e. The molecule has 1 aliphatic carbocycles. The Hall–Kier alpha value is -1.75. The van der Waals surface area contributed by atoms with E-state index in [1.807, 2.05) is 0 Å². The van der Waals surface area contributed by atoms with E-state index in [0.717, 1.165) is 12.8 Å². The molecule has 2 rings (SSSR count). The van der Waals surface area contributed by atoms with Crippen LogP contribution in [0.1, 0.15) is 56.6 Å². The van der Waals surface area contributed by atoms with Gasteiger partial charge >= 0.3 is 0 Å². The third kappa shape index (κ3) is 5.13. The number of aliphatic hydroxyl groups is 1. The van der Waals surface area contributed by atoms with Crippen LogP contribution < -0.4 is 14.8 Å². The van der Waals surface area contributed by atoms with Crippen molar-refractivity contribution < 1.29 is 19.4 Å². The number of rotatable bonds is 7. The van der Waals surface area contributed by atoms with Gasteiger partial charge in [-0.25, -0.2) is 0 Å². The van der Waals surface area contributed by atoms with Crippen molar-refractivity contribution in [1.82, 2.24) is 5.32 Å². The van der Waals surface area contributed by atoms with E-state index in [2.05, 4.69) is 5.32 Å². The van der Waals surface area contributed by atoms with Gasteiger partial charge in [0, 0.05) is 24.1 Å². The van der Waals surface area contributed by atoms with Crippen molar-refractivity contribution in [3.63, 3.8) is 0 Å². The number of amides is 1. The summed E-state index contributed by atoms with van der Waals surface area (Å²) >= 11 is 0. The molecule has 5 heteroatoms. The quantitative estimate of drug-likeness (QED) is 0.810. The molecule has 1 fully saturated rings. The molecule has 1 unspecified atom stereocenters. The smallest absolute Gasteiger partial charge is 0.220 e. The largest absolute Gasteiger partial charge is 0.497 e. The van der Waals surface area contributed by atoms with E-state index in [1.165, 1.54) is 19.3 Å². The van der Waals surface area contributed by atoms with Crippen LogP contribution in [0.2, 0.25) is 0 Å². The molecule has 0 radical (unpaired) electrons. The zero-order chi connectivity index (χ0) is 16.7. The normalized spacial score (nSPS) is 16.7. The van der Waals surface area contributed by atoms with E-state index in [-0.39, 0.29) is 5.91 Å². The van der Waals surface area contributed by atoms with E-state index < -0.39 is 6.10 Å². The highest BCUT2D eigenvalue weighted by molar-refractivity contribution is 5.76. The van der Waals surface area contributed by atoms with E-state index in [1.54, 1.807) is 32.4 Å². The third-order valence-electron chi connectivity index (χ3n) is 4.41. The van der Waals surface area contributed by atoms with E-state index in [9.17, 15) is 9.90 Å². The summed E-state index contributed by atoms with van der Waals surface area (Å²) in [5, 5.41) is 13.4. The first-order chi connectivity index (χ1) is 11.1. The molecular weight excluding hydrogens is 294 g/mol. The second-order valence-corrected chi connectivity index (χ2v) is 6.06. The Bertz CT molecular complexity index is 512. The first-order valence-corrected chi connectivity index (χ1v) is 8.33. The molecule has 2 N–H and O–H groups in total. The standard InChI is InChI=1S/C18H27NO4/c1-22-14-8-9-15(17(12-14)23-2)16(20)10-11-18(21)19-13-6-4-3-5-7-13/h8-9,12-13,16,20H,3-7,10-11H2,1-2H3,(H,19,21). The van der Waals surface area contributed by atoms with E-state index >= 15 is 0 Å². The van der Waals surface area contributed by atoms with Crippen molar-refractivity contribution in [2.24, 2.45) is 0 Å². The number of methoxy groups -OCH3 is 2. The van der Waals surface area contributed by atoms with Gasteiger partial charge < -0.3 is 19.9 Å². The van der Waals surface area contributed by atoms with Crippen LogP contribution in [0.3, 0.4) is 0 Å². The second kappa shape index (κ2) is 8.77. The average molecular weight is 321 g/mol. The van der Waals surface area contributed by atoms with Crippen LogP contribution in [0.25, 0.3) is 0 Å². The minimum Gasteiger partial charge on any atom is -0.497 e. The summed E-state index contributed by atoms with van der Waals surface area (Å²) < 4.78 is 10.4. The highest BCUT2D eigenvalue weighted by Gasteiger charge is 2.18. The minimum atomic E-state index is -0.729. The molecule has 1 amide bonds. The number of benzene rings is 1. The molecule has 0 heterocycles. The predicted octanol–water partition coefficient (Wildman–Crippen LogP) is 2.97. The number of nitrogens with one attached hydrogen (secondary N) is 1. The first-order valence-electron chi connectivity index (χ1n) is 8.33. The third-order valence-corrected chi connectivity index (χ3v) is 4.41. The van der Waals surface area contributed by atoms with Crippen LogP contribution in [-0.4, -0.2) is 31.3 Å². The van der Waals surface area contributed by atoms with Gasteiger partial charge in [-0.1, -0.05) is 19.3 Å². The Balaban J connectivity index is 1.86. The van der Waals surface area contributed by atoms with Crippen LogP contribution in [-0.2, 0) is 4.79 Å². The maximum atomic E-state index is 12.0. The molecule has 1 atom stereocenters. The van der Waals surface area contributed by atoms with Crippen molar-refractivity contribution in [3.8, 4) is 11.5 Å². The lowest BCUT2D eigenvalue weighted by Crippen LogP contribution is -2.36. The van der Waals surface area contributed by atoms with Crippen LogP contribution in [0.4, 0.5) is 0 Å². The van der Waals surface area contributed by atoms with Gasteiger partial charge in [-0.2, -0.15) is 0 Å². The molecular formula is C18H27NO4. The van der Waals surface area contributed by atoms with Crippen molar-refractivity contribution in [2.45, 2.75) is 57.1 Å². The molecule has 0 aromatic heterocycles. The number of aliphatic hydroxyl groups excluding tert-OH is 1. The zero-order valence-corrected chi connectivity index (χ0v) is 14.0. The highest BCUT2D eigenvalue weighted by atomic mass is 16.5. The minimum absolute atomic E-state index is 0.0171. The van der Waals surface area contributed by atoms with E-state index in [4.69, 9.17) is 9.47 Å². The molecule has 0 saturated heterocycles. The van der Waals surface area contributed by atoms with Gasteiger partial charge in [0.15, 0.2) is 0 Å². The summed E-state index contributed by atoms with van der Waals surface area (Å²) in [7, 11) is 3.14. The summed E-state index contributed by atoms with van der Waals surface area (Å²) in [4.78, 5) is 12.0. The maximum absolute atomic E-state index is 12.0. The van der Waals surface area contributed by atoms with Crippen LogP contribution in [0.5, 0.6) is 11.5 Å². The fourth-order valence-corrected chi connectivity index (χ4v) is 3.06. The Labute approximate surface area is 138 Å². The number of hydrogen-bond donors (Lipinski definition) is 2. The molecule has 1 saturated carbocycles. The number of ether oxygens (including phenoxy) is 2. The lowest BCUT2D eigenvalue weighted by Gasteiger charge is -2.23. The molecule has 23 heavy (non-hydrogen) atoms. The van der Waals surface area contributed by atoms with Crippen LogP contribution in [0.15, 0.2) is 18.2 Å². The lowest BCUT2D eigenvalue weighted by molar-refractivity contribution is -0.122. The molecule has 1 aromatic rings. The summed E-state index contributed by atoms with van der Waals surface area (Å²) in [5.41, 5.74) is 0.679. The van der Waals surface area contributed by atoms with Gasteiger partial charge in [0.2, 0.25) is 5.91 Å². The SMILES string of the molecule is COc1ccc(C(O)CCC(=O)NC2CCCCC2)c(OC)c1. The fourth-order valence-electron chi connectivity index (χ4n) is 3.06. The van der Waals surface area contributed by atoms with E-state index in [0.29, 0.717) is 35.9 Å². The lowest BCUT2D eigenvalue weighted by atomic mass is 9.95. The zero-order valence-electron chi connectivity index (χ0n) is 14.0. The molecule has 1 aromatic carbocycles. The fraction of sp³-hybridized carbons (Fsp3) is 0.611. The topological polar surface area (TPSA) is 67.8 Å².